The number of furan rings is 1. The molecule has 0 bridgehead atoms. The van der Waals surface area contributed by atoms with Crippen LogP contribution >= 0.6 is 0 Å². The highest BCUT2D eigenvalue weighted by Gasteiger charge is 2.16. The molecule has 0 aliphatic heterocycles. The Morgan fingerprint density at radius 2 is 1.64 bits per heavy atom. The van der Waals surface area contributed by atoms with Gasteiger partial charge in [0.15, 0.2) is 0 Å². The van der Waals surface area contributed by atoms with Gasteiger partial charge in [0.1, 0.15) is 5.76 Å². The van der Waals surface area contributed by atoms with Crippen molar-refractivity contribution < 1.29 is 14.0 Å². The number of nitrogens with one attached hydrogen (secondary N) is 3. The number of carbonyl (C=O) groups excluding carboxylic acids is 2. The normalized spacial score (nSPS) is 11.6. The van der Waals surface area contributed by atoms with Crippen molar-refractivity contribution in [2.24, 2.45) is 0 Å². The van der Waals surface area contributed by atoms with Gasteiger partial charge in [-0.2, -0.15) is 0 Å². The van der Waals surface area contributed by atoms with Crippen LogP contribution in [-0.2, 0) is 11.3 Å². The maximum atomic E-state index is 12.2. The summed E-state index contributed by atoms with van der Waals surface area (Å²) in [6.07, 6.45) is 1.53. The molecule has 3 N–H and O–H groups in total. The van der Waals surface area contributed by atoms with Crippen LogP contribution in [-0.4, -0.2) is 18.5 Å². The summed E-state index contributed by atoms with van der Waals surface area (Å²) < 4.78 is 5.13. The standard InChI is InChI=1S/C22H23N3O3/c1-16-9-11-18(12-10-16)21(17-6-3-2-4-7-17)23-15-20(26)25-22(27)24-14-19-8-5-13-28-19/h2-13,21,23H,14-15H2,1H3,(H2,24,25,26,27)/t21-/m1/s1. The molecule has 0 unspecified atom stereocenters. The Balaban J connectivity index is 1.57. The molecule has 3 aromatic rings. The second-order valence-corrected chi connectivity index (χ2v) is 6.45. The van der Waals surface area contributed by atoms with Crippen LogP contribution in [0.3, 0.4) is 0 Å². The SMILES string of the molecule is Cc1ccc([C@H](NCC(=O)NC(=O)NCc2ccco2)c2ccccc2)cc1. The second-order valence-electron chi connectivity index (χ2n) is 6.45. The summed E-state index contributed by atoms with van der Waals surface area (Å²) in [6, 6.07) is 20.8. The molecular weight excluding hydrogens is 354 g/mol. The first-order chi connectivity index (χ1) is 13.6. The van der Waals surface area contributed by atoms with Crippen LogP contribution in [0.15, 0.2) is 77.4 Å². The molecule has 6 nitrogen and oxygen atoms in total. The number of hydrogen-bond donors (Lipinski definition) is 3. The van der Waals surface area contributed by atoms with E-state index in [2.05, 4.69) is 16.0 Å². The largest absolute Gasteiger partial charge is 0.467 e. The van der Waals surface area contributed by atoms with Crippen LogP contribution in [0.25, 0.3) is 0 Å². The minimum absolute atomic E-state index is 0.00160. The molecule has 0 saturated heterocycles. The van der Waals surface area contributed by atoms with Gasteiger partial charge in [-0.25, -0.2) is 4.79 Å². The highest BCUT2D eigenvalue weighted by Crippen LogP contribution is 2.22. The van der Waals surface area contributed by atoms with Crippen LogP contribution in [0.4, 0.5) is 4.79 Å². The van der Waals surface area contributed by atoms with Gasteiger partial charge in [-0.3, -0.25) is 15.4 Å². The summed E-state index contributed by atoms with van der Waals surface area (Å²) >= 11 is 0. The number of rotatable bonds is 7. The van der Waals surface area contributed by atoms with E-state index in [0.29, 0.717) is 5.76 Å². The highest BCUT2D eigenvalue weighted by atomic mass is 16.3. The molecule has 1 atom stereocenters. The molecule has 0 fully saturated rings. The summed E-state index contributed by atoms with van der Waals surface area (Å²) in [4.78, 5) is 24.0. The summed E-state index contributed by atoms with van der Waals surface area (Å²) in [5, 5.41) is 8.13. The molecule has 0 spiro atoms. The van der Waals surface area contributed by atoms with E-state index in [1.807, 2.05) is 61.5 Å². The van der Waals surface area contributed by atoms with E-state index in [9.17, 15) is 9.59 Å². The van der Waals surface area contributed by atoms with Crippen molar-refractivity contribution in [1.82, 2.24) is 16.0 Å². The van der Waals surface area contributed by atoms with E-state index >= 15 is 0 Å². The molecule has 2 aromatic carbocycles. The van der Waals surface area contributed by atoms with Gasteiger partial charge >= 0.3 is 6.03 Å². The minimum Gasteiger partial charge on any atom is -0.467 e. The van der Waals surface area contributed by atoms with Crippen molar-refractivity contribution >= 4 is 11.9 Å². The Morgan fingerprint density at radius 3 is 2.32 bits per heavy atom. The quantitative estimate of drug-likeness (QED) is 0.590. The smallest absolute Gasteiger partial charge is 0.321 e. The summed E-state index contributed by atoms with van der Waals surface area (Å²) in [5.41, 5.74) is 3.26. The number of hydrogen-bond acceptors (Lipinski definition) is 4. The first kappa shape index (κ1) is 19.4. The summed E-state index contributed by atoms with van der Waals surface area (Å²) in [6.45, 7) is 2.25. The molecule has 0 radical (unpaired) electrons. The number of aryl methyl sites for hydroxylation is 1. The van der Waals surface area contributed by atoms with Gasteiger partial charge in [-0.15, -0.1) is 0 Å². The van der Waals surface area contributed by atoms with E-state index in [1.165, 1.54) is 11.8 Å². The molecule has 1 heterocycles. The van der Waals surface area contributed by atoms with Crippen LogP contribution in [0.5, 0.6) is 0 Å². The molecule has 0 aliphatic rings. The fourth-order valence-electron chi connectivity index (χ4n) is 2.82. The molecule has 28 heavy (non-hydrogen) atoms. The van der Waals surface area contributed by atoms with Gasteiger partial charge in [-0.1, -0.05) is 60.2 Å². The van der Waals surface area contributed by atoms with E-state index in [1.54, 1.807) is 12.1 Å². The average Bonchev–Trinajstić information content (AvgIpc) is 3.22. The van der Waals surface area contributed by atoms with Crippen LogP contribution in [0, 0.1) is 6.92 Å². The predicted octanol–water partition coefficient (Wildman–Crippen LogP) is 3.29. The molecule has 0 saturated carbocycles. The fraction of sp³-hybridized carbons (Fsp3) is 0.182. The van der Waals surface area contributed by atoms with Gasteiger partial charge in [0.25, 0.3) is 0 Å². The molecule has 3 rings (SSSR count). The average molecular weight is 377 g/mol. The third kappa shape index (κ3) is 5.56. The van der Waals surface area contributed by atoms with Crippen molar-refractivity contribution in [2.75, 3.05) is 6.54 Å². The third-order valence-corrected chi connectivity index (χ3v) is 4.27. The first-order valence-corrected chi connectivity index (χ1v) is 9.07. The monoisotopic (exact) mass is 377 g/mol. The number of urea groups is 1. The predicted molar refractivity (Wildman–Crippen MR) is 107 cm³/mol. The number of amides is 3. The summed E-state index contributed by atoms with van der Waals surface area (Å²) in [5.74, 6) is 0.203. The maximum absolute atomic E-state index is 12.2. The van der Waals surface area contributed by atoms with Gasteiger partial charge in [0.2, 0.25) is 5.91 Å². The van der Waals surface area contributed by atoms with Crippen LogP contribution in [0.1, 0.15) is 28.5 Å². The van der Waals surface area contributed by atoms with Gasteiger partial charge in [-0.05, 0) is 30.2 Å². The maximum Gasteiger partial charge on any atom is 0.321 e. The molecule has 0 aliphatic carbocycles. The molecule has 1 aromatic heterocycles. The number of carbonyl (C=O) groups is 2. The highest BCUT2D eigenvalue weighted by molar-refractivity contribution is 5.95. The van der Waals surface area contributed by atoms with Crippen molar-refractivity contribution in [3.63, 3.8) is 0 Å². The first-order valence-electron chi connectivity index (χ1n) is 9.07. The van der Waals surface area contributed by atoms with E-state index in [0.717, 1.165) is 11.1 Å². The molecular formula is C22H23N3O3. The van der Waals surface area contributed by atoms with Crippen LogP contribution < -0.4 is 16.0 Å². The Labute approximate surface area is 164 Å². The Hall–Kier alpha value is -3.38. The van der Waals surface area contributed by atoms with E-state index in [-0.39, 0.29) is 19.1 Å². The molecule has 3 amide bonds. The van der Waals surface area contributed by atoms with E-state index in [4.69, 9.17) is 4.42 Å². The lowest BCUT2D eigenvalue weighted by atomic mass is 9.98. The van der Waals surface area contributed by atoms with Gasteiger partial charge in [0.05, 0.1) is 25.4 Å². The van der Waals surface area contributed by atoms with Crippen molar-refractivity contribution in [2.45, 2.75) is 19.5 Å². The zero-order valence-electron chi connectivity index (χ0n) is 15.6. The summed E-state index contributed by atoms with van der Waals surface area (Å²) in [7, 11) is 0. The van der Waals surface area contributed by atoms with Crippen molar-refractivity contribution in [3.05, 3.63) is 95.4 Å². The van der Waals surface area contributed by atoms with Crippen molar-refractivity contribution in [3.8, 4) is 0 Å². The van der Waals surface area contributed by atoms with E-state index < -0.39 is 11.9 Å². The Morgan fingerprint density at radius 1 is 0.929 bits per heavy atom. The lowest BCUT2D eigenvalue weighted by Gasteiger charge is -2.20. The van der Waals surface area contributed by atoms with Gasteiger partial charge in [0, 0.05) is 0 Å². The third-order valence-electron chi connectivity index (χ3n) is 4.27. The minimum atomic E-state index is -0.560. The van der Waals surface area contributed by atoms with Crippen molar-refractivity contribution in [1.29, 1.82) is 0 Å². The molecule has 144 valence electrons. The van der Waals surface area contributed by atoms with Crippen LogP contribution in [0.2, 0.25) is 0 Å². The lowest BCUT2D eigenvalue weighted by Crippen LogP contribution is -2.43. The zero-order valence-corrected chi connectivity index (χ0v) is 15.6. The second kappa shape index (κ2) is 9.53. The fourth-order valence-corrected chi connectivity index (χ4v) is 2.82. The number of benzene rings is 2. The molecule has 6 heteroatoms. The zero-order chi connectivity index (χ0) is 19.8. The topological polar surface area (TPSA) is 83.4 Å². The lowest BCUT2D eigenvalue weighted by molar-refractivity contribution is -0.119. The number of imide groups is 1. The Kier molecular flexibility index (Phi) is 6.59. The Bertz CT molecular complexity index is 891. The van der Waals surface area contributed by atoms with Gasteiger partial charge < -0.3 is 9.73 Å².